The second-order valence-corrected chi connectivity index (χ2v) is 12.0. The molecule has 0 N–H and O–H groups in total. The van der Waals surface area contributed by atoms with Gasteiger partial charge in [0.2, 0.25) is 0 Å². The highest BCUT2D eigenvalue weighted by Gasteiger charge is 2.39. The summed E-state index contributed by atoms with van der Waals surface area (Å²) in [6.07, 6.45) is 6.05. The number of benzene rings is 1. The largest absolute Gasteiger partial charge is 0.306 e. The van der Waals surface area contributed by atoms with Crippen LogP contribution in [0.25, 0.3) is 0 Å². The summed E-state index contributed by atoms with van der Waals surface area (Å²) < 4.78 is 31.2. The van der Waals surface area contributed by atoms with Crippen molar-refractivity contribution in [3.8, 4) is 0 Å². The number of hydrogen-bond donors (Lipinski definition) is 0. The van der Waals surface area contributed by atoms with Crippen molar-refractivity contribution in [1.29, 1.82) is 0 Å². The second-order valence-electron chi connectivity index (χ2n) is 7.01. The molecule has 0 bridgehead atoms. The van der Waals surface area contributed by atoms with Crippen LogP contribution in [0.2, 0.25) is 0 Å². The van der Waals surface area contributed by atoms with Gasteiger partial charge in [-0.1, -0.05) is 30.5 Å². The summed E-state index contributed by atoms with van der Waals surface area (Å²) in [6, 6.07) is 6.73. The molecular formula is C18H26O4S2. The maximum Gasteiger partial charge on any atom is 0.306 e. The van der Waals surface area contributed by atoms with Crippen LogP contribution in [0.5, 0.6) is 0 Å². The van der Waals surface area contributed by atoms with Crippen LogP contribution in [0.3, 0.4) is 0 Å². The van der Waals surface area contributed by atoms with E-state index in [-0.39, 0.29) is 16.6 Å². The third-order valence-corrected chi connectivity index (χ3v) is 10.6. The van der Waals surface area contributed by atoms with E-state index >= 15 is 0 Å². The van der Waals surface area contributed by atoms with Crippen LogP contribution in [-0.2, 0) is 18.5 Å². The van der Waals surface area contributed by atoms with Gasteiger partial charge in [-0.05, 0) is 44.7 Å². The lowest BCUT2D eigenvalue weighted by molar-refractivity contribution is -0.120. The molecule has 1 aromatic rings. The number of carbonyl (C=O) groups is 1. The molecule has 4 nitrogen and oxygen atoms in total. The maximum atomic E-state index is 12.7. The number of Topliss-reactive ketones (excluding diaryl/α,β-unsaturated/α-hetero) is 1. The van der Waals surface area contributed by atoms with Gasteiger partial charge in [0.05, 0.1) is 10.6 Å². The molecule has 1 heterocycles. The molecule has 0 unspecified atom stereocenters. The molecule has 134 valence electrons. The minimum Gasteiger partial charge on any atom is -0.298 e. The van der Waals surface area contributed by atoms with E-state index < -0.39 is 20.4 Å². The summed E-state index contributed by atoms with van der Waals surface area (Å²) in [5.41, 5.74) is 1.01. The van der Waals surface area contributed by atoms with Gasteiger partial charge < -0.3 is 0 Å². The Labute approximate surface area is 146 Å². The number of carbonyl (C=O) groups excluding carboxylic acids is 1. The molecule has 0 aromatic heterocycles. The summed E-state index contributed by atoms with van der Waals surface area (Å²) in [5.74, 6) is 2.14. The lowest BCUT2D eigenvalue weighted by Gasteiger charge is -2.34. The number of hydrogen-bond acceptors (Lipinski definition) is 4. The molecule has 3 rings (SSSR count). The van der Waals surface area contributed by atoms with Crippen molar-refractivity contribution < 1.29 is 16.8 Å². The minimum absolute atomic E-state index is 0.126. The molecule has 1 aromatic carbocycles. The molecular weight excluding hydrogens is 344 g/mol. The van der Waals surface area contributed by atoms with Crippen molar-refractivity contribution >= 4 is 26.2 Å². The van der Waals surface area contributed by atoms with Crippen LogP contribution >= 0.6 is 10.3 Å². The summed E-state index contributed by atoms with van der Waals surface area (Å²) in [6.45, 7) is 1.92. The first-order valence-electron chi connectivity index (χ1n) is 8.72. The molecule has 24 heavy (non-hydrogen) atoms. The fourth-order valence-corrected chi connectivity index (χ4v) is 9.38. The van der Waals surface area contributed by atoms with Gasteiger partial charge in [-0.3, -0.25) is 4.79 Å². The van der Waals surface area contributed by atoms with Crippen LogP contribution < -0.4 is 0 Å². The first-order chi connectivity index (χ1) is 11.4. The van der Waals surface area contributed by atoms with Gasteiger partial charge in [-0.15, -0.1) is 10.3 Å². The monoisotopic (exact) mass is 370 g/mol. The molecule has 0 spiro atoms. The topological polar surface area (TPSA) is 60.4 Å². The Morgan fingerprint density at radius 2 is 1.67 bits per heavy atom. The summed E-state index contributed by atoms with van der Waals surface area (Å²) in [4.78, 5) is 12.8. The van der Waals surface area contributed by atoms with Crippen molar-refractivity contribution in [2.45, 2.75) is 50.3 Å². The van der Waals surface area contributed by atoms with Crippen LogP contribution in [0.4, 0.5) is 0 Å². The van der Waals surface area contributed by atoms with E-state index in [4.69, 9.17) is 3.63 Å². The normalized spacial score (nSPS) is 22.5. The molecule has 1 saturated heterocycles. The molecule has 0 radical (unpaired) electrons. The third-order valence-electron chi connectivity index (χ3n) is 5.04. The zero-order valence-electron chi connectivity index (χ0n) is 14.2. The standard InChI is InChI=1S/C18H26O4S2/c1-15-8-10-17(11-9-15)24(20,21)22-23(12-4-5-13-23)14-18(19)16-6-2-3-7-16/h8-11,16H,2-7,12-14H2,1H3. The second kappa shape index (κ2) is 7.18. The van der Waals surface area contributed by atoms with Crippen LogP contribution in [0, 0.1) is 12.8 Å². The Morgan fingerprint density at radius 1 is 1.08 bits per heavy atom. The van der Waals surface area contributed by atoms with Gasteiger partial charge in [0.25, 0.3) is 0 Å². The Balaban J connectivity index is 1.77. The Bertz CT molecular complexity index is 682. The average Bonchev–Trinajstić information content (AvgIpc) is 3.19. The highest BCUT2D eigenvalue weighted by molar-refractivity contribution is 8.33. The average molecular weight is 371 g/mol. The van der Waals surface area contributed by atoms with Crippen molar-refractivity contribution in [2.75, 3.05) is 17.3 Å². The van der Waals surface area contributed by atoms with Crippen LogP contribution in [0.15, 0.2) is 29.2 Å². The quantitative estimate of drug-likeness (QED) is 0.760. The molecule has 0 atom stereocenters. The van der Waals surface area contributed by atoms with Crippen LogP contribution in [-0.4, -0.2) is 31.5 Å². The number of aryl methyl sites for hydroxylation is 1. The van der Waals surface area contributed by atoms with E-state index in [0.29, 0.717) is 5.75 Å². The van der Waals surface area contributed by atoms with Gasteiger partial charge in [-0.25, -0.2) is 3.63 Å². The lowest BCUT2D eigenvalue weighted by atomic mass is 10.0. The molecule has 2 aliphatic rings. The molecule has 0 amide bonds. The lowest BCUT2D eigenvalue weighted by Crippen LogP contribution is -2.25. The van der Waals surface area contributed by atoms with E-state index in [2.05, 4.69) is 0 Å². The van der Waals surface area contributed by atoms with Crippen molar-refractivity contribution in [3.63, 3.8) is 0 Å². The molecule has 1 aliphatic carbocycles. The minimum atomic E-state index is -3.80. The number of rotatable bonds is 6. The fraction of sp³-hybridized carbons (Fsp3) is 0.611. The van der Waals surface area contributed by atoms with E-state index in [1.165, 1.54) is 0 Å². The smallest absolute Gasteiger partial charge is 0.298 e. The highest BCUT2D eigenvalue weighted by atomic mass is 32.3. The van der Waals surface area contributed by atoms with Gasteiger partial charge in [0, 0.05) is 17.4 Å². The van der Waals surface area contributed by atoms with Gasteiger partial charge in [0.1, 0.15) is 5.78 Å². The summed E-state index contributed by atoms with van der Waals surface area (Å²) in [5, 5.41) is 0. The Morgan fingerprint density at radius 3 is 2.25 bits per heavy atom. The van der Waals surface area contributed by atoms with Crippen molar-refractivity contribution in [2.24, 2.45) is 5.92 Å². The van der Waals surface area contributed by atoms with Gasteiger partial charge >= 0.3 is 10.1 Å². The third kappa shape index (κ3) is 4.03. The van der Waals surface area contributed by atoms with E-state index in [1.54, 1.807) is 24.3 Å². The van der Waals surface area contributed by atoms with Crippen LogP contribution in [0.1, 0.15) is 44.1 Å². The number of ketones is 1. The molecule has 1 saturated carbocycles. The zero-order valence-corrected chi connectivity index (χ0v) is 15.8. The summed E-state index contributed by atoms with van der Waals surface area (Å²) >= 11 is 0. The predicted molar refractivity (Wildman–Crippen MR) is 97.8 cm³/mol. The maximum absolute atomic E-state index is 12.7. The van der Waals surface area contributed by atoms with Crippen molar-refractivity contribution in [1.82, 2.24) is 0 Å². The van der Waals surface area contributed by atoms with Gasteiger partial charge in [0.15, 0.2) is 0 Å². The fourth-order valence-electron chi connectivity index (χ4n) is 3.63. The molecule has 2 fully saturated rings. The molecule has 6 heteroatoms. The van der Waals surface area contributed by atoms with E-state index in [1.807, 2.05) is 6.92 Å². The SMILES string of the molecule is Cc1ccc(S(=O)(=O)OS2(CC(=O)C3CCCC3)CCCC2)cc1. The Hall–Kier alpha value is -0.850. The van der Waals surface area contributed by atoms with Gasteiger partial charge in [-0.2, -0.15) is 8.42 Å². The van der Waals surface area contributed by atoms with E-state index in [0.717, 1.165) is 55.6 Å². The summed E-state index contributed by atoms with van der Waals surface area (Å²) in [7, 11) is -5.65. The Kier molecular flexibility index (Phi) is 5.37. The first kappa shape index (κ1) is 18.0. The zero-order chi connectivity index (χ0) is 17.2. The van der Waals surface area contributed by atoms with E-state index in [9.17, 15) is 13.2 Å². The predicted octanol–water partition coefficient (Wildman–Crippen LogP) is 3.97. The highest BCUT2D eigenvalue weighted by Crippen LogP contribution is 2.57. The molecule has 1 aliphatic heterocycles. The van der Waals surface area contributed by atoms with Crippen molar-refractivity contribution in [3.05, 3.63) is 29.8 Å². The first-order valence-corrected chi connectivity index (χ1v) is 12.2.